The quantitative estimate of drug-likeness (QED) is 0.719. The molecule has 2 aromatic rings. The molecule has 4 rings (SSSR count). The molecule has 0 spiro atoms. The van der Waals surface area contributed by atoms with Crippen molar-refractivity contribution in [1.29, 1.82) is 0 Å². The van der Waals surface area contributed by atoms with Gasteiger partial charge in [-0.2, -0.15) is 0 Å². The highest BCUT2D eigenvalue weighted by atomic mass is 16.5. The molecule has 1 aliphatic heterocycles. The van der Waals surface area contributed by atoms with Crippen LogP contribution in [0.15, 0.2) is 48.5 Å². The van der Waals surface area contributed by atoms with Crippen molar-refractivity contribution in [3.8, 4) is 11.1 Å². The highest BCUT2D eigenvalue weighted by Crippen LogP contribution is 2.44. The van der Waals surface area contributed by atoms with Crippen LogP contribution in [0.1, 0.15) is 49.7 Å². The Kier molecular flexibility index (Phi) is 6.44. The highest BCUT2D eigenvalue weighted by Gasteiger charge is 2.33. The molecule has 1 fully saturated rings. The molecule has 2 aromatic carbocycles. The molecule has 2 amide bonds. The summed E-state index contributed by atoms with van der Waals surface area (Å²) >= 11 is 0. The van der Waals surface area contributed by atoms with Crippen LogP contribution in [0.5, 0.6) is 0 Å². The molecule has 1 saturated heterocycles. The van der Waals surface area contributed by atoms with E-state index in [0.29, 0.717) is 13.0 Å². The summed E-state index contributed by atoms with van der Waals surface area (Å²) in [4.78, 5) is 38.1. The van der Waals surface area contributed by atoms with Gasteiger partial charge in [0.25, 0.3) is 0 Å². The number of nitrogens with one attached hydrogen (secondary N) is 1. The van der Waals surface area contributed by atoms with Crippen molar-refractivity contribution in [3.63, 3.8) is 0 Å². The first-order chi connectivity index (χ1) is 15.5. The van der Waals surface area contributed by atoms with Crippen molar-refractivity contribution in [3.05, 3.63) is 59.7 Å². The van der Waals surface area contributed by atoms with Gasteiger partial charge in [0, 0.05) is 18.5 Å². The molecule has 7 nitrogen and oxygen atoms in total. The Morgan fingerprint density at radius 1 is 1.06 bits per heavy atom. The highest BCUT2D eigenvalue weighted by molar-refractivity contribution is 5.86. The summed E-state index contributed by atoms with van der Waals surface area (Å²) in [5.74, 6) is -1.25. The number of nitrogens with zero attached hydrogens (tertiary/aromatic N) is 1. The van der Waals surface area contributed by atoms with Crippen molar-refractivity contribution in [2.24, 2.45) is 0 Å². The first-order valence-corrected chi connectivity index (χ1v) is 11.1. The van der Waals surface area contributed by atoms with Gasteiger partial charge in [-0.05, 0) is 48.4 Å². The number of aliphatic carboxylic acids is 1. The average molecular weight is 437 g/mol. The Labute approximate surface area is 187 Å². The van der Waals surface area contributed by atoms with Gasteiger partial charge < -0.3 is 20.1 Å². The lowest BCUT2D eigenvalue weighted by molar-refractivity contribution is -0.142. The number of benzene rings is 2. The third-order valence-electron chi connectivity index (χ3n) is 6.37. The van der Waals surface area contributed by atoms with Gasteiger partial charge in [0.2, 0.25) is 5.91 Å². The summed E-state index contributed by atoms with van der Waals surface area (Å²) in [5.41, 5.74) is 4.54. The van der Waals surface area contributed by atoms with Crippen LogP contribution in [0, 0.1) is 0 Å². The Bertz CT molecular complexity index is 975. The summed E-state index contributed by atoms with van der Waals surface area (Å²) in [7, 11) is 0. The minimum absolute atomic E-state index is 0.0544. The van der Waals surface area contributed by atoms with Gasteiger partial charge in [0.1, 0.15) is 12.6 Å². The van der Waals surface area contributed by atoms with E-state index in [4.69, 9.17) is 9.84 Å². The van der Waals surface area contributed by atoms with Gasteiger partial charge in [-0.25, -0.2) is 4.79 Å². The molecule has 7 heteroatoms. The van der Waals surface area contributed by atoms with Crippen LogP contribution >= 0.6 is 0 Å². The van der Waals surface area contributed by atoms with Crippen LogP contribution in [0.4, 0.5) is 4.79 Å². The summed E-state index contributed by atoms with van der Waals surface area (Å²) < 4.78 is 5.52. The number of carbonyl (C=O) groups excluding carboxylic acids is 2. The maximum absolute atomic E-state index is 12.9. The van der Waals surface area contributed by atoms with Crippen molar-refractivity contribution < 1.29 is 24.2 Å². The van der Waals surface area contributed by atoms with E-state index >= 15 is 0 Å². The summed E-state index contributed by atoms with van der Waals surface area (Å²) in [6.07, 6.45) is 1.66. The first-order valence-electron chi connectivity index (χ1n) is 11.1. The standard InChI is InChI=1S/C25H28N2O5/c1-16(24(30)27-13-7-6-8-17(27)14-23(28)29)26-25(31)32-15-22-20-11-4-2-9-18(20)19-10-3-5-12-21(19)22/h2-5,9-12,16-17,22H,6-8,13-15H2,1H3,(H,26,31)(H,28,29). The topological polar surface area (TPSA) is 95.9 Å². The van der Waals surface area contributed by atoms with E-state index in [0.717, 1.165) is 35.1 Å². The molecule has 1 aliphatic carbocycles. The van der Waals surface area contributed by atoms with Gasteiger partial charge in [0.15, 0.2) is 0 Å². The molecule has 2 aliphatic rings. The van der Waals surface area contributed by atoms with Crippen molar-refractivity contribution >= 4 is 18.0 Å². The molecule has 0 aromatic heterocycles. The van der Waals surface area contributed by atoms with Gasteiger partial charge in [-0.15, -0.1) is 0 Å². The number of carboxylic acids is 1. The van der Waals surface area contributed by atoms with Crippen LogP contribution in [0.3, 0.4) is 0 Å². The predicted molar refractivity (Wildman–Crippen MR) is 119 cm³/mol. The molecule has 0 radical (unpaired) electrons. The van der Waals surface area contributed by atoms with E-state index in [9.17, 15) is 14.4 Å². The Balaban J connectivity index is 1.37. The van der Waals surface area contributed by atoms with E-state index in [-0.39, 0.29) is 30.9 Å². The minimum atomic E-state index is -0.924. The normalized spacial score (nSPS) is 18.4. The molecule has 0 bridgehead atoms. The fraction of sp³-hybridized carbons (Fsp3) is 0.400. The lowest BCUT2D eigenvalue weighted by atomic mass is 9.98. The van der Waals surface area contributed by atoms with Crippen LogP contribution < -0.4 is 5.32 Å². The number of fused-ring (bicyclic) bond motifs is 3. The number of rotatable bonds is 6. The zero-order valence-corrected chi connectivity index (χ0v) is 18.1. The summed E-state index contributed by atoms with van der Waals surface area (Å²) in [6, 6.07) is 15.1. The number of hydrogen-bond acceptors (Lipinski definition) is 4. The van der Waals surface area contributed by atoms with Gasteiger partial charge in [-0.1, -0.05) is 48.5 Å². The number of piperidine rings is 1. The van der Waals surface area contributed by atoms with Crippen LogP contribution in [0.2, 0.25) is 0 Å². The molecule has 168 valence electrons. The van der Waals surface area contributed by atoms with E-state index in [2.05, 4.69) is 17.4 Å². The summed E-state index contributed by atoms with van der Waals surface area (Å²) in [6.45, 7) is 2.29. The number of alkyl carbamates (subject to hydrolysis) is 1. The first kappa shape index (κ1) is 21.9. The maximum atomic E-state index is 12.9. The number of hydrogen-bond donors (Lipinski definition) is 2. The van der Waals surface area contributed by atoms with Crippen LogP contribution in [0.25, 0.3) is 11.1 Å². The largest absolute Gasteiger partial charge is 0.481 e. The van der Waals surface area contributed by atoms with E-state index in [1.165, 1.54) is 0 Å². The molecule has 0 saturated carbocycles. The lowest BCUT2D eigenvalue weighted by Gasteiger charge is -2.36. The smallest absolute Gasteiger partial charge is 0.407 e. The van der Waals surface area contributed by atoms with Crippen LogP contribution in [-0.2, 0) is 14.3 Å². The molecular weight excluding hydrogens is 408 g/mol. The van der Waals surface area contributed by atoms with Gasteiger partial charge in [-0.3, -0.25) is 9.59 Å². The Hall–Kier alpha value is -3.35. The Morgan fingerprint density at radius 3 is 2.31 bits per heavy atom. The molecule has 32 heavy (non-hydrogen) atoms. The molecule has 2 N–H and O–H groups in total. The third kappa shape index (κ3) is 4.47. The molecular formula is C25H28N2O5. The third-order valence-corrected chi connectivity index (χ3v) is 6.37. The monoisotopic (exact) mass is 436 g/mol. The minimum Gasteiger partial charge on any atom is -0.481 e. The second-order valence-corrected chi connectivity index (χ2v) is 8.47. The van der Waals surface area contributed by atoms with Gasteiger partial charge in [0.05, 0.1) is 6.42 Å². The zero-order valence-electron chi connectivity index (χ0n) is 18.1. The van der Waals surface area contributed by atoms with Crippen molar-refractivity contribution in [2.75, 3.05) is 13.2 Å². The average Bonchev–Trinajstić information content (AvgIpc) is 3.11. The van der Waals surface area contributed by atoms with Gasteiger partial charge >= 0.3 is 12.1 Å². The molecule has 1 heterocycles. The number of amides is 2. The fourth-order valence-corrected chi connectivity index (χ4v) is 4.83. The lowest BCUT2D eigenvalue weighted by Crippen LogP contribution is -2.52. The van der Waals surface area contributed by atoms with Crippen LogP contribution in [-0.4, -0.2) is 53.2 Å². The number of likely N-dealkylation sites (tertiary alicyclic amines) is 1. The number of ether oxygens (including phenoxy) is 1. The molecule has 2 unspecified atom stereocenters. The fourth-order valence-electron chi connectivity index (χ4n) is 4.83. The summed E-state index contributed by atoms with van der Waals surface area (Å²) in [5, 5.41) is 11.8. The SMILES string of the molecule is CC(NC(=O)OCC1c2ccccc2-c2ccccc21)C(=O)N1CCCCC1CC(=O)O. The maximum Gasteiger partial charge on any atom is 0.407 e. The second-order valence-electron chi connectivity index (χ2n) is 8.47. The van der Waals surface area contributed by atoms with E-state index in [1.807, 2.05) is 36.4 Å². The molecule has 2 atom stereocenters. The Morgan fingerprint density at radius 2 is 1.69 bits per heavy atom. The predicted octanol–water partition coefficient (Wildman–Crippen LogP) is 3.77. The van der Waals surface area contributed by atoms with E-state index < -0.39 is 18.1 Å². The van der Waals surface area contributed by atoms with E-state index in [1.54, 1.807) is 11.8 Å². The number of carboxylic acid groups (broad SMARTS) is 1. The number of carbonyl (C=O) groups is 3. The zero-order chi connectivity index (χ0) is 22.7. The van der Waals surface area contributed by atoms with Crippen molar-refractivity contribution in [2.45, 2.75) is 50.6 Å². The van der Waals surface area contributed by atoms with Crippen molar-refractivity contribution in [1.82, 2.24) is 10.2 Å². The second kappa shape index (κ2) is 9.42.